The maximum absolute atomic E-state index is 12.9. The topological polar surface area (TPSA) is 231 Å². The van der Waals surface area contributed by atoms with Crippen LogP contribution in [0, 0.1) is 11.8 Å². The van der Waals surface area contributed by atoms with Gasteiger partial charge in [0.25, 0.3) is 0 Å². The quantitative estimate of drug-likeness (QED) is 0.143. The van der Waals surface area contributed by atoms with Crippen LogP contribution >= 0.6 is 0 Å². The number of rotatable bonds is 15. The number of nitrogens with one attached hydrogen (secondary N) is 3. The molecule has 0 aliphatic rings. The maximum Gasteiger partial charge on any atom is 0.326 e. The second kappa shape index (κ2) is 14.0. The molecule has 4 unspecified atom stereocenters. The Kier molecular flexibility index (Phi) is 12.7. The average Bonchev–Trinajstić information content (AvgIpc) is 2.67. The molecule has 4 amide bonds. The van der Waals surface area contributed by atoms with Gasteiger partial charge in [-0.1, -0.05) is 27.7 Å². The lowest BCUT2D eigenvalue weighted by atomic mass is 9.99. The van der Waals surface area contributed by atoms with Crippen LogP contribution in [0.2, 0.25) is 0 Å². The Morgan fingerprint density at radius 2 is 1.36 bits per heavy atom. The number of aliphatic carboxylic acids is 2. The van der Waals surface area contributed by atoms with E-state index in [0.29, 0.717) is 0 Å². The highest BCUT2D eigenvalue weighted by atomic mass is 16.4. The van der Waals surface area contributed by atoms with Crippen LogP contribution < -0.4 is 27.4 Å². The molecule has 0 spiro atoms. The molecule has 4 atom stereocenters. The Morgan fingerprint density at radius 3 is 1.79 bits per heavy atom. The molecule has 0 aromatic rings. The average molecular weight is 474 g/mol. The van der Waals surface area contributed by atoms with Crippen molar-refractivity contribution in [1.29, 1.82) is 0 Å². The molecule has 0 heterocycles. The number of hydrogen-bond donors (Lipinski definition) is 7. The highest BCUT2D eigenvalue weighted by Gasteiger charge is 2.32. The van der Waals surface area contributed by atoms with Gasteiger partial charge in [0.2, 0.25) is 23.6 Å². The second-order valence-corrected chi connectivity index (χ2v) is 8.53. The summed E-state index contributed by atoms with van der Waals surface area (Å²) in [4.78, 5) is 70.9. The lowest BCUT2D eigenvalue weighted by molar-refractivity contribution is -0.144. The molecule has 33 heavy (non-hydrogen) atoms. The standard InChI is InChI=1S/C20H35N5O8/c1-9(2)7-12(18(30)24-13(20(32)33)8-14(22)26)23-19(31)16(10(3)4)25-17(29)11(21)5-6-15(27)28/h9-13,16H,5-8,21H2,1-4H3,(H2,22,26)(H,23,31)(H,24,30)(H,25,29)(H,27,28)(H,32,33). The van der Waals surface area contributed by atoms with Crippen molar-refractivity contribution in [2.75, 3.05) is 0 Å². The third-order valence-electron chi connectivity index (χ3n) is 4.61. The molecule has 0 aliphatic carbocycles. The monoisotopic (exact) mass is 473 g/mol. The number of amides is 4. The first-order valence-corrected chi connectivity index (χ1v) is 10.5. The summed E-state index contributed by atoms with van der Waals surface area (Å²) in [6, 6.07) is -4.94. The minimum absolute atomic E-state index is 0.0722. The van der Waals surface area contributed by atoms with Gasteiger partial charge in [0.15, 0.2) is 0 Å². The molecule has 188 valence electrons. The van der Waals surface area contributed by atoms with Crippen molar-refractivity contribution in [3.8, 4) is 0 Å². The SMILES string of the molecule is CC(C)CC(NC(=O)C(NC(=O)C(N)CCC(=O)O)C(C)C)C(=O)NC(CC(N)=O)C(=O)O. The molecular formula is C20H35N5O8. The molecular weight excluding hydrogens is 438 g/mol. The largest absolute Gasteiger partial charge is 0.481 e. The predicted octanol–water partition coefficient (Wildman–Crippen LogP) is -1.70. The van der Waals surface area contributed by atoms with Gasteiger partial charge in [0.05, 0.1) is 12.5 Å². The van der Waals surface area contributed by atoms with Gasteiger partial charge < -0.3 is 37.6 Å². The van der Waals surface area contributed by atoms with Crippen LogP contribution in [0.25, 0.3) is 0 Å². The van der Waals surface area contributed by atoms with Gasteiger partial charge in [0, 0.05) is 6.42 Å². The lowest BCUT2D eigenvalue weighted by Crippen LogP contribution is -2.58. The molecule has 0 saturated heterocycles. The summed E-state index contributed by atoms with van der Waals surface area (Å²) in [5.41, 5.74) is 10.7. The molecule has 0 bridgehead atoms. The van der Waals surface area contributed by atoms with Gasteiger partial charge in [-0.25, -0.2) is 4.79 Å². The van der Waals surface area contributed by atoms with Crippen molar-refractivity contribution in [1.82, 2.24) is 16.0 Å². The zero-order valence-electron chi connectivity index (χ0n) is 19.3. The number of nitrogens with two attached hydrogens (primary N) is 2. The van der Waals surface area contributed by atoms with Gasteiger partial charge in [0.1, 0.15) is 18.1 Å². The van der Waals surface area contributed by atoms with Crippen LogP contribution in [0.15, 0.2) is 0 Å². The lowest BCUT2D eigenvalue weighted by Gasteiger charge is -2.27. The molecule has 9 N–H and O–H groups in total. The summed E-state index contributed by atoms with van der Waals surface area (Å²) in [6.45, 7) is 6.87. The molecule has 0 aromatic carbocycles. The molecule has 0 radical (unpaired) electrons. The van der Waals surface area contributed by atoms with E-state index in [4.69, 9.17) is 16.6 Å². The van der Waals surface area contributed by atoms with Crippen molar-refractivity contribution >= 4 is 35.6 Å². The van der Waals surface area contributed by atoms with Crippen molar-refractivity contribution < 1.29 is 39.0 Å². The van der Waals surface area contributed by atoms with Crippen LogP contribution in [0.4, 0.5) is 0 Å². The van der Waals surface area contributed by atoms with Gasteiger partial charge in [-0.05, 0) is 24.7 Å². The Hall–Kier alpha value is -3.22. The molecule has 0 saturated carbocycles. The molecule has 0 fully saturated rings. The summed E-state index contributed by atoms with van der Waals surface area (Å²) in [6.07, 6.45) is -0.915. The van der Waals surface area contributed by atoms with Crippen LogP contribution in [-0.2, 0) is 28.8 Å². The van der Waals surface area contributed by atoms with E-state index in [1.165, 1.54) is 0 Å². The summed E-state index contributed by atoms with van der Waals surface area (Å²) < 4.78 is 0. The Labute approximate surface area is 192 Å². The molecule has 13 nitrogen and oxygen atoms in total. The summed E-state index contributed by atoms with van der Waals surface area (Å²) in [7, 11) is 0. The van der Waals surface area contributed by atoms with E-state index in [1.807, 2.05) is 0 Å². The normalized spacial score (nSPS) is 14.6. The third kappa shape index (κ3) is 11.8. The van der Waals surface area contributed by atoms with Crippen LogP contribution in [0.3, 0.4) is 0 Å². The first kappa shape index (κ1) is 29.8. The second-order valence-electron chi connectivity index (χ2n) is 8.53. The molecule has 13 heteroatoms. The van der Waals surface area contributed by atoms with E-state index in [1.54, 1.807) is 27.7 Å². The smallest absolute Gasteiger partial charge is 0.326 e. The van der Waals surface area contributed by atoms with E-state index in [2.05, 4.69) is 16.0 Å². The predicted molar refractivity (Wildman–Crippen MR) is 116 cm³/mol. The number of carboxylic acids is 2. The minimum Gasteiger partial charge on any atom is -0.481 e. The van der Waals surface area contributed by atoms with Crippen LogP contribution in [0.1, 0.15) is 53.4 Å². The Bertz CT molecular complexity index is 740. The van der Waals surface area contributed by atoms with Gasteiger partial charge in [-0.2, -0.15) is 0 Å². The van der Waals surface area contributed by atoms with Crippen molar-refractivity contribution in [3.05, 3.63) is 0 Å². The number of hydrogen-bond acceptors (Lipinski definition) is 7. The number of carbonyl (C=O) groups excluding carboxylic acids is 4. The Balaban J connectivity index is 5.42. The molecule has 0 aromatic heterocycles. The first-order chi connectivity index (χ1) is 15.1. The van der Waals surface area contributed by atoms with E-state index in [-0.39, 0.29) is 25.2 Å². The van der Waals surface area contributed by atoms with Crippen molar-refractivity contribution in [3.63, 3.8) is 0 Å². The van der Waals surface area contributed by atoms with Crippen molar-refractivity contribution in [2.24, 2.45) is 23.3 Å². The highest BCUT2D eigenvalue weighted by molar-refractivity contribution is 5.95. The third-order valence-corrected chi connectivity index (χ3v) is 4.61. The number of carboxylic acid groups (broad SMARTS) is 2. The summed E-state index contributed by atoms with van der Waals surface area (Å²) >= 11 is 0. The van der Waals surface area contributed by atoms with Gasteiger partial charge >= 0.3 is 11.9 Å². The fourth-order valence-electron chi connectivity index (χ4n) is 2.84. The number of primary amides is 1. The first-order valence-electron chi connectivity index (χ1n) is 10.5. The summed E-state index contributed by atoms with van der Waals surface area (Å²) in [5.74, 6) is -6.23. The zero-order valence-corrected chi connectivity index (χ0v) is 19.3. The zero-order chi connectivity index (χ0) is 25.9. The van der Waals surface area contributed by atoms with E-state index >= 15 is 0 Å². The molecule has 0 rings (SSSR count). The highest BCUT2D eigenvalue weighted by Crippen LogP contribution is 2.09. The number of carbonyl (C=O) groups is 6. The van der Waals surface area contributed by atoms with E-state index in [0.717, 1.165) is 0 Å². The summed E-state index contributed by atoms with van der Waals surface area (Å²) in [5, 5.41) is 25.1. The Morgan fingerprint density at radius 1 is 0.818 bits per heavy atom. The fourth-order valence-corrected chi connectivity index (χ4v) is 2.84. The van der Waals surface area contributed by atoms with E-state index < -0.39 is 72.1 Å². The van der Waals surface area contributed by atoms with Crippen LogP contribution in [0.5, 0.6) is 0 Å². The van der Waals surface area contributed by atoms with Gasteiger partial charge in [-0.3, -0.25) is 24.0 Å². The fraction of sp³-hybridized carbons (Fsp3) is 0.700. The van der Waals surface area contributed by atoms with E-state index in [9.17, 15) is 33.9 Å². The van der Waals surface area contributed by atoms with Crippen LogP contribution in [-0.4, -0.2) is 69.9 Å². The van der Waals surface area contributed by atoms with Crippen molar-refractivity contribution in [2.45, 2.75) is 77.5 Å². The minimum atomic E-state index is -1.56. The van der Waals surface area contributed by atoms with Gasteiger partial charge in [-0.15, -0.1) is 0 Å². The molecule has 0 aliphatic heterocycles. The maximum atomic E-state index is 12.9.